The summed E-state index contributed by atoms with van der Waals surface area (Å²) in [6.45, 7) is 0.293. The topological polar surface area (TPSA) is 263 Å². The molecule has 1 fully saturated rings. The van der Waals surface area contributed by atoms with E-state index in [2.05, 4.69) is 18.9 Å². The predicted octanol–water partition coefficient (Wildman–Crippen LogP) is 0.858. The zero-order valence-corrected chi connectivity index (χ0v) is 18.8. The van der Waals surface area contributed by atoms with Gasteiger partial charge >= 0.3 is 34.1 Å². The second-order valence-electron chi connectivity index (χ2n) is 6.54. The van der Waals surface area contributed by atoms with Crippen LogP contribution in [-0.2, 0) is 27.3 Å². The Hall–Kier alpha value is -1.74. The largest absolute Gasteiger partial charge is 0.479 e. The number of halogens is 2. The van der Waals surface area contributed by atoms with E-state index in [0.29, 0.717) is 0 Å². The van der Waals surface area contributed by atoms with Crippen LogP contribution in [0.2, 0.25) is 0 Å². The summed E-state index contributed by atoms with van der Waals surface area (Å²) in [5, 5.41) is -2.38. The van der Waals surface area contributed by atoms with Crippen LogP contribution in [0.3, 0.4) is 0 Å². The summed E-state index contributed by atoms with van der Waals surface area (Å²) in [5.74, 6) is 0. The Kier molecular flexibility index (Phi) is 7.91. The molecule has 2 rings (SSSR count). The van der Waals surface area contributed by atoms with E-state index in [1.807, 2.05) is 4.98 Å². The van der Waals surface area contributed by atoms with E-state index in [1.165, 1.54) is 6.92 Å². The highest BCUT2D eigenvalue weighted by atomic mass is 31.3. The summed E-state index contributed by atoms with van der Waals surface area (Å²) >= 11 is 0. The first kappa shape index (κ1) is 27.5. The van der Waals surface area contributed by atoms with Gasteiger partial charge in [0, 0.05) is 23.1 Å². The molecule has 17 nitrogen and oxygen atoms in total. The number of hydrogen-bond donors (Lipinski definition) is 5. The molecule has 5 unspecified atom stereocenters. The Labute approximate surface area is 180 Å². The van der Waals surface area contributed by atoms with Crippen LogP contribution in [0.1, 0.15) is 18.2 Å². The number of phosphoric acid groups is 1. The number of aromatic amines is 1. The Balaban J connectivity index is 2.19. The molecular weight excluding hydrogens is 525 g/mol. The second-order valence-corrected chi connectivity index (χ2v) is 12.0. The quantitative estimate of drug-likeness (QED) is 0.126. The van der Waals surface area contributed by atoms with Crippen LogP contribution in [0.4, 0.5) is 8.78 Å². The van der Waals surface area contributed by atoms with Crippen molar-refractivity contribution in [3.05, 3.63) is 43.0 Å². The predicted molar refractivity (Wildman–Crippen MR) is 101 cm³/mol. The van der Waals surface area contributed by atoms with E-state index < -0.39 is 64.6 Å². The molecule has 0 bridgehead atoms. The lowest BCUT2D eigenvalue weighted by Crippen LogP contribution is -2.33. The van der Waals surface area contributed by atoms with Crippen LogP contribution in [-0.4, -0.2) is 53.3 Å². The molecule has 0 aliphatic carbocycles. The summed E-state index contributed by atoms with van der Waals surface area (Å²) in [7, 11) is -19.2. The van der Waals surface area contributed by atoms with Crippen molar-refractivity contribution in [2.45, 2.75) is 37.1 Å². The summed E-state index contributed by atoms with van der Waals surface area (Å²) in [4.78, 5) is 63.6. The maximum atomic E-state index is 13.5. The minimum Gasteiger partial charge on any atom is -0.352 e. The minimum atomic E-state index is -6.74. The average Bonchev–Trinajstić information content (AvgIpc) is 3.04. The number of ether oxygens (including phenoxy) is 1. The molecule has 1 aromatic heterocycles. The van der Waals surface area contributed by atoms with Crippen LogP contribution in [0.5, 0.6) is 0 Å². The monoisotopic (exact) mass is 541 g/mol. The number of azide groups is 1. The smallest absolute Gasteiger partial charge is 0.352 e. The molecule has 5 atom stereocenters. The molecule has 2 heterocycles. The van der Waals surface area contributed by atoms with Crippen molar-refractivity contribution >= 4 is 23.0 Å². The van der Waals surface area contributed by atoms with Crippen LogP contribution in [0, 0.1) is 6.92 Å². The van der Waals surface area contributed by atoms with E-state index in [4.69, 9.17) is 24.9 Å². The highest BCUT2D eigenvalue weighted by Gasteiger charge is 2.67. The molecule has 1 aromatic rings. The van der Waals surface area contributed by atoms with Crippen molar-refractivity contribution in [1.82, 2.24) is 9.55 Å². The standard InChI is InChI=1S/C11H16F2N5O12P3/c1-5-3-18(10(20)15-9(5)19)8-2-6(16-17-14)7(29-8)4-28-33(26,27)30-32(24,25)11(12,13)31(21,22)23/h3,6-8H,2,4H2,1H3,(H,24,25)(H,26,27)(H,15,19,20)(H2,21,22,23). The molecular formula is C11H16F2N5O12P3. The van der Waals surface area contributed by atoms with Crippen molar-refractivity contribution in [3.8, 4) is 0 Å². The van der Waals surface area contributed by atoms with Gasteiger partial charge in [-0.15, -0.1) is 0 Å². The summed E-state index contributed by atoms with van der Waals surface area (Å²) in [5.41, 5.74) is 7.19. The first-order chi connectivity index (χ1) is 14.9. The van der Waals surface area contributed by atoms with Crippen molar-refractivity contribution < 1.29 is 55.6 Å². The highest BCUT2D eigenvalue weighted by molar-refractivity contribution is 7.75. The molecule has 22 heteroatoms. The Morgan fingerprint density at radius 1 is 1.33 bits per heavy atom. The van der Waals surface area contributed by atoms with E-state index in [1.54, 1.807) is 0 Å². The van der Waals surface area contributed by atoms with Gasteiger partial charge in [-0.25, -0.2) is 13.7 Å². The normalized spacial score (nSPS) is 25.1. The van der Waals surface area contributed by atoms with Crippen LogP contribution >= 0.6 is 23.0 Å². The fourth-order valence-electron chi connectivity index (χ4n) is 2.57. The SMILES string of the molecule is Cc1cn(C2CC(N=[N+]=[N-])C(COP(=O)(O)OP(=O)(O)C(F)(F)P(=O)(O)O)O2)c(=O)[nH]c1=O. The number of aromatic nitrogens is 2. The summed E-state index contributed by atoms with van der Waals surface area (Å²) in [6.07, 6.45) is -1.70. The fourth-order valence-corrected chi connectivity index (χ4v) is 6.25. The molecule has 0 spiro atoms. The van der Waals surface area contributed by atoms with Crippen LogP contribution < -0.4 is 11.2 Å². The maximum absolute atomic E-state index is 13.5. The molecule has 33 heavy (non-hydrogen) atoms. The summed E-state index contributed by atoms with van der Waals surface area (Å²) in [6, 6.07) is -1.17. The first-order valence-electron chi connectivity index (χ1n) is 8.38. The van der Waals surface area contributed by atoms with E-state index >= 15 is 0 Å². The van der Waals surface area contributed by atoms with E-state index in [9.17, 15) is 37.0 Å². The highest BCUT2D eigenvalue weighted by Crippen LogP contribution is 2.77. The molecule has 0 aromatic carbocycles. The lowest BCUT2D eigenvalue weighted by molar-refractivity contribution is -0.0268. The zero-order valence-electron chi connectivity index (χ0n) is 16.2. The lowest BCUT2D eigenvalue weighted by Gasteiger charge is -2.24. The van der Waals surface area contributed by atoms with Gasteiger partial charge in [0.1, 0.15) is 6.23 Å². The number of nitrogens with one attached hydrogen (secondary N) is 1. The van der Waals surface area contributed by atoms with Gasteiger partial charge in [0.05, 0.1) is 18.8 Å². The maximum Gasteiger partial charge on any atom is 0.479 e. The fraction of sp³-hybridized carbons (Fsp3) is 0.636. The van der Waals surface area contributed by atoms with Gasteiger partial charge in [-0.3, -0.25) is 28.0 Å². The lowest BCUT2D eigenvalue weighted by atomic mass is 10.1. The Bertz CT molecular complexity index is 1220. The third-order valence-electron chi connectivity index (χ3n) is 4.17. The number of H-pyrrole nitrogens is 1. The number of alkyl halides is 2. The second kappa shape index (κ2) is 9.49. The average molecular weight is 541 g/mol. The van der Waals surface area contributed by atoms with Gasteiger partial charge in [-0.05, 0) is 12.5 Å². The van der Waals surface area contributed by atoms with E-state index in [0.717, 1.165) is 10.8 Å². The van der Waals surface area contributed by atoms with Crippen molar-refractivity contribution in [1.29, 1.82) is 0 Å². The molecule has 1 aliphatic heterocycles. The number of nitrogens with zero attached hydrogens (tertiary/aromatic N) is 4. The van der Waals surface area contributed by atoms with Crippen LogP contribution in [0.25, 0.3) is 10.4 Å². The Morgan fingerprint density at radius 2 is 1.94 bits per heavy atom. The van der Waals surface area contributed by atoms with Gasteiger partial charge in [0.15, 0.2) is 0 Å². The molecule has 186 valence electrons. The first-order valence-corrected chi connectivity index (χ1v) is 13.1. The van der Waals surface area contributed by atoms with Crippen molar-refractivity contribution in [2.75, 3.05) is 6.61 Å². The number of hydrogen-bond acceptors (Lipinski definition) is 9. The third-order valence-corrected chi connectivity index (χ3v) is 9.27. The minimum absolute atomic E-state index is 0.108. The van der Waals surface area contributed by atoms with Crippen LogP contribution in [0.15, 0.2) is 20.9 Å². The number of rotatable bonds is 9. The molecule has 0 radical (unpaired) electrons. The number of aryl methyl sites for hydroxylation is 1. The molecule has 1 saturated heterocycles. The van der Waals surface area contributed by atoms with Gasteiger partial charge in [0.25, 0.3) is 5.56 Å². The molecule has 1 aliphatic rings. The molecule has 0 amide bonds. The molecule has 5 N–H and O–H groups in total. The molecule has 0 saturated carbocycles. The third kappa shape index (κ3) is 6.04. The zero-order chi connectivity index (χ0) is 25.4. The van der Waals surface area contributed by atoms with Crippen molar-refractivity contribution in [3.63, 3.8) is 0 Å². The van der Waals surface area contributed by atoms with Gasteiger partial charge in [-0.2, -0.15) is 8.78 Å². The van der Waals surface area contributed by atoms with Gasteiger partial charge in [-0.1, -0.05) is 5.11 Å². The van der Waals surface area contributed by atoms with E-state index in [-0.39, 0.29) is 12.0 Å². The van der Waals surface area contributed by atoms with Crippen molar-refractivity contribution in [2.24, 2.45) is 5.11 Å². The van der Waals surface area contributed by atoms with Gasteiger partial charge < -0.3 is 24.3 Å². The summed E-state index contributed by atoms with van der Waals surface area (Å²) < 4.78 is 75.0. The van der Waals surface area contributed by atoms with Gasteiger partial charge in [0.2, 0.25) is 0 Å². The Morgan fingerprint density at radius 3 is 2.48 bits per heavy atom. The number of phosphoric ester groups is 1.